The Balaban J connectivity index is 1.12. The molecule has 9 rings (SSSR count). The summed E-state index contributed by atoms with van der Waals surface area (Å²) in [6.07, 6.45) is 24.1. The molecule has 0 atom stereocenters. The van der Waals surface area contributed by atoms with Crippen LogP contribution in [0.3, 0.4) is 0 Å². The van der Waals surface area contributed by atoms with Crippen LogP contribution in [-0.4, -0.2) is 0 Å². The molecular weight excluding hydrogens is 617 g/mol. The van der Waals surface area contributed by atoms with E-state index in [1.54, 1.807) is 0 Å². The van der Waals surface area contributed by atoms with Crippen molar-refractivity contribution in [1.29, 1.82) is 0 Å². The number of allylic oxidation sites excluding steroid dienone is 8. The van der Waals surface area contributed by atoms with Gasteiger partial charge in [-0.3, -0.25) is 0 Å². The third-order valence-corrected chi connectivity index (χ3v) is 10.4. The molecule has 2 nitrogen and oxygen atoms in total. The molecule has 2 heteroatoms. The number of hydrogen-bond acceptors (Lipinski definition) is 2. The highest BCUT2D eigenvalue weighted by atomic mass is 15.1. The monoisotopic (exact) mass is 654 g/mol. The van der Waals surface area contributed by atoms with E-state index in [9.17, 15) is 0 Å². The maximum absolute atomic E-state index is 2.39. The zero-order valence-corrected chi connectivity index (χ0v) is 28.4. The molecule has 0 spiro atoms. The fraction of sp³-hybridized carbons (Fsp3) is 0.0612. The van der Waals surface area contributed by atoms with Gasteiger partial charge in [0.25, 0.3) is 0 Å². The first kappa shape index (κ1) is 30.7. The summed E-state index contributed by atoms with van der Waals surface area (Å²) in [4.78, 5) is 4.79. The van der Waals surface area contributed by atoms with E-state index >= 15 is 0 Å². The van der Waals surface area contributed by atoms with Crippen LogP contribution in [-0.2, 0) is 18.3 Å². The Kier molecular flexibility index (Phi) is 7.91. The Morgan fingerprint density at radius 3 is 1.22 bits per heavy atom. The highest BCUT2D eigenvalue weighted by Crippen LogP contribution is 2.44. The summed E-state index contributed by atoms with van der Waals surface area (Å²) in [5.41, 5.74) is 14.3. The molecule has 0 unspecified atom stereocenters. The topological polar surface area (TPSA) is 6.48 Å². The van der Waals surface area contributed by atoms with E-state index in [1.807, 2.05) is 0 Å². The van der Waals surface area contributed by atoms with Crippen LogP contribution in [0.1, 0.15) is 33.4 Å². The second-order valence-corrected chi connectivity index (χ2v) is 13.3. The fourth-order valence-corrected chi connectivity index (χ4v) is 7.90. The van der Waals surface area contributed by atoms with Crippen LogP contribution in [0.25, 0.3) is 12.2 Å². The molecule has 6 aromatic carbocycles. The number of benzene rings is 6. The molecule has 0 aliphatic heterocycles. The molecule has 0 saturated heterocycles. The number of hydrogen-bond donors (Lipinski definition) is 0. The highest BCUT2D eigenvalue weighted by molar-refractivity contribution is 5.84. The molecule has 0 aromatic heterocycles. The second-order valence-electron chi connectivity index (χ2n) is 13.3. The number of nitrogens with zero attached hydrogens (tertiary/aromatic N) is 2. The lowest BCUT2D eigenvalue weighted by Gasteiger charge is -2.32. The van der Waals surface area contributed by atoms with Crippen molar-refractivity contribution in [2.75, 3.05) is 9.80 Å². The van der Waals surface area contributed by atoms with Gasteiger partial charge < -0.3 is 9.80 Å². The first-order chi connectivity index (χ1) is 25.3. The zero-order valence-electron chi connectivity index (χ0n) is 28.4. The van der Waals surface area contributed by atoms with Gasteiger partial charge >= 0.3 is 0 Å². The van der Waals surface area contributed by atoms with E-state index < -0.39 is 5.41 Å². The Morgan fingerprint density at radius 2 is 0.784 bits per heavy atom. The minimum absolute atomic E-state index is 0.439. The summed E-state index contributed by atoms with van der Waals surface area (Å²) in [5.74, 6) is 0. The normalized spacial score (nSPS) is 14.7. The second kappa shape index (κ2) is 13.2. The molecule has 0 fully saturated rings. The van der Waals surface area contributed by atoms with Crippen LogP contribution in [0.5, 0.6) is 0 Å². The smallest absolute Gasteiger partial charge is 0.0568 e. The van der Waals surface area contributed by atoms with E-state index in [0.717, 1.165) is 35.6 Å². The lowest BCUT2D eigenvalue weighted by atomic mass is 9.74. The molecule has 0 amide bonds. The van der Waals surface area contributed by atoms with Crippen molar-refractivity contribution >= 4 is 46.3 Å². The van der Waals surface area contributed by atoms with Crippen LogP contribution in [0.2, 0.25) is 0 Å². The third kappa shape index (κ3) is 5.56. The Labute approximate surface area is 301 Å². The van der Waals surface area contributed by atoms with E-state index in [-0.39, 0.29) is 0 Å². The lowest BCUT2D eigenvalue weighted by molar-refractivity contribution is 0.816. The van der Waals surface area contributed by atoms with Gasteiger partial charge in [-0.2, -0.15) is 0 Å². The Hall–Kier alpha value is -6.38. The van der Waals surface area contributed by atoms with Crippen molar-refractivity contribution in [3.8, 4) is 0 Å². The van der Waals surface area contributed by atoms with Crippen LogP contribution < -0.4 is 9.80 Å². The summed E-state index contributed by atoms with van der Waals surface area (Å²) >= 11 is 0. The maximum Gasteiger partial charge on any atom is 0.0568 e. The van der Waals surface area contributed by atoms with Gasteiger partial charge in [0.05, 0.1) is 16.8 Å². The predicted molar refractivity (Wildman–Crippen MR) is 216 cm³/mol. The van der Waals surface area contributed by atoms with Gasteiger partial charge in [0.15, 0.2) is 0 Å². The maximum atomic E-state index is 2.39. The molecule has 0 radical (unpaired) electrons. The zero-order chi connectivity index (χ0) is 34.0. The molecule has 51 heavy (non-hydrogen) atoms. The lowest BCUT2D eigenvalue weighted by Crippen LogP contribution is -2.23. The molecule has 3 aliphatic carbocycles. The number of fused-ring (bicyclic) bond motifs is 2. The van der Waals surface area contributed by atoms with Crippen LogP contribution >= 0.6 is 0 Å². The van der Waals surface area contributed by atoms with Crippen molar-refractivity contribution in [2.24, 2.45) is 0 Å². The Bertz CT molecular complexity index is 2170. The van der Waals surface area contributed by atoms with E-state index in [4.69, 9.17) is 0 Å². The Morgan fingerprint density at radius 1 is 0.373 bits per heavy atom. The average Bonchev–Trinajstić information content (AvgIpc) is 3.82. The van der Waals surface area contributed by atoms with Crippen molar-refractivity contribution in [1.82, 2.24) is 0 Å². The van der Waals surface area contributed by atoms with Crippen molar-refractivity contribution in [2.45, 2.75) is 18.3 Å². The van der Waals surface area contributed by atoms with E-state index in [2.05, 4.69) is 216 Å². The molecular formula is C49H38N2. The molecule has 244 valence electrons. The molecule has 0 heterocycles. The van der Waals surface area contributed by atoms with E-state index in [1.165, 1.54) is 44.8 Å². The van der Waals surface area contributed by atoms with Gasteiger partial charge in [-0.1, -0.05) is 146 Å². The molecule has 3 aliphatic rings. The minimum atomic E-state index is -0.439. The van der Waals surface area contributed by atoms with Gasteiger partial charge in [-0.25, -0.2) is 0 Å². The first-order valence-electron chi connectivity index (χ1n) is 17.8. The molecule has 0 bridgehead atoms. The third-order valence-electron chi connectivity index (χ3n) is 10.4. The quantitative estimate of drug-likeness (QED) is 0.161. The van der Waals surface area contributed by atoms with Gasteiger partial charge in [0.2, 0.25) is 0 Å². The van der Waals surface area contributed by atoms with Gasteiger partial charge in [-0.15, -0.1) is 0 Å². The summed E-state index contributed by atoms with van der Waals surface area (Å²) in [6, 6.07) is 53.0. The summed E-state index contributed by atoms with van der Waals surface area (Å²) in [7, 11) is 0. The van der Waals surface area contributed by atoms with Gasteiger partial charge in [0, 0.05) is 22.7 Å². The van der Waals surface area contributed by atoms with Gasteiger partial charge in [-0.05, 0) is 107 Å². The predicted octanol–water partition coefficient (Wildman–Crippen LogP) is 12.7. The van der Waals surface area contributed by atoms with Gasteiger partial charge in [0.1, 0.15) is 0 Å². The van der Waals surface area contributed by atoms with Crippen LogP contribution in [0, 0.1) is 0 Å². The average molecular weight is 655 g/mol. The minimum Gasteiger partial charge on any atom is -0.310 e. The molecule has 6 aromatic rings. The molecule has 0 saturated carbocycles. The summed E-state index contributed by atoms with van der Waals surface area (Å²) < 4.78 is 0. The largest absolute Gasteiger partial charge is 0.310 e. The number of para-hydroxylation sites is 2. The first-order valence-corrected chi connectivity index (χ1v) is 17.8. The number of rotatable bonds is 8. The standard InChI is InChI=1S/C49H38N2/c1-2-10-36-49(35-9-1,39-27-31-43(32-28-39)50(41-19-5-3-6-20-41)47-25-13-17-37-15-11-23-45(37)47)40-29-33-44(34-30-40)51(42-21-7-4-8-22-42)48-26-14-18-38-16-12-24-46(38)48/h1-22,25-36H,23-24H2. The van der Waals surface area contributed by atoms with E-state index in [0.29, 0.717) is 0 Å². The van der Waals surface area contributed by atoms with Crippen LogP contribution in [0.4, 0.5) is 34.1 Å². The number of anilines is 6. The molecule has 0 N–H and O–H groups in total. The van der Waals surface area contributed by atoms with Crippen molar-refractivity contribution < 1.29 is 0 Å². The summed E-state index contributed by atoms with van der Waals surface area (Å²) in [5, 5.41) is 0. The van der Waals surface area contributed by atoms with Crippen LogP contribution in [0.15, 0.2) is 194 Å². The SMILES string of the molecule is C1=CC=CC(c2ccc(N(c3ccccc3)c3cccc4c3CC=C4)cc2)(c2ccc(N(c3ccccc3)c3cccc4c3CC=C4)cc2)C=C1. The van der Waals surface area contributed by atoms with Crippen molar-refractivity contribution in [3.05, 3.63) is 228 Å². The van der Waals surface area contributed by atoms with Crippen molar-refractivity contribution in [3.63, 3.8) is 0 Å². The highest BCUT2D eigenvalue weighted by Gasteiger charge is 2.30. The fourth-order valence-electron chi connectivity index (χ4n) is 7.90. The summed E-state index contributed by atoms with van der Waals surface area (Å²) in [6.45, 7) is 0.